The molecule has 4 nitrogen and oxygen atoms in total. The summed E-state index contributed by atoms with van der Waals surface area (Å²) in [5.74, 6) is 0.207. The van der Waals surface area contributed by atoms with E-state index < -0.39 is 0 Å². The average molecular weight is 343 g/mol. The molecule has 1 amide bonds. The number of hydrogen-bond donors (Lipinski definition) is 0. The molecule has 0 aliphatic carbocycles. The van der Waals surface area contributed by atoms with Crippen molar-refractivity contribution in [3.05, 3.63) is 40.9 Å². The molecule has 1 aliphatic heterocycles. The van der Waals surface area contributed by atoms with Crippen LogP contribution in [0.25, 0.3) is 10.6 Å². The van der Waals surface area contributed by atoms with Crippen LogP contribution >= 0.6 is 11.3 Å². The minimum absolute atomic E-state index is 0.00832. The van der Waals surface area contributed by atoms with Crippen molar-refractivity contribution in [2.45, 2.75) is 38.8 Å². The Labute approximate surface area is 148 Å². The molecule has 1 aromatic heterocycles. The van der Waals surface area contributed by atoms with Crippen LogP contribution in [0.2, 0.25) is 0 Å². The number of carbonyl (C=O) groups excluding carboxylic acids is 1. The average Bonchev–Trinajstić information content (AvgIpc) is 3.24. The van der Waals surface area contributed by atoms with Crippen LogP contribution < -0.4 is 0 Å². The highest BCUT2D eigenvalue weighted by Gasteiger charge is 2.31. The molecule has 1 fully saturated rings. The van der Waals surface area contributed by atoms with Crippen LogP contribution in [0.5, 0.6) is 0 Å². The molecule has 1 aliphatic rings. The van der Waals surface area contributed by atoms with Gasteiger partial charge in [-0.25, -0.2) is 4.98 Å². The Morgan fingerprint density at radius 2 is 2.08 bits per heavy atom. The number of aryl methyl sites for hydroxylation is 1. The maximum Gasteiger partial charge on any atom is 0.239 e. The van der Waals surface area contributed by atoms with E-state index in [1.165, 1.54) is 11.1 Å². The van der Waals surface area contributed by atoms with Crippen LogP contribution in [0.4, 0.5) is 0 Å². The van der Waals surface area contributed by atoms with Gasteiger partial charge < -0.3 is 4.90 Å². The molecule has 0 radical (unpaired) electrons. The zero-order chi connectivity index (χ0) is 17.1. The summed E-state index contributed by atoms with van der Waals surface area (Å²) in [6.07, 6.45) is 3.09. The number of thiazole rings is 1. The Hall–Kier alpha value is -1.72. The molecule has 1 saturated heterocycles. The monoisotopic (exact) mass is 343 g/mol. The number of benzene rings is 1. The van der Waals surface area contributed by atoms with Crippen LogP contribution in [-0.2, 0) is 17.8 Å². The molecule has 0 N–H and O–H groups in total. The van der Waals surface area contributed by atoms with E-state index in [1.54, 1.807) is 16.2 Å². The van der Waals surface area contributed by atoms with Gasteiger partial charge in [0.25, 0.3) is 0 Å². The first-order valence-corrected chi connectivity index (χ1v) is 9.45. The molecular formula is C19H25N3OS. The molecule has 1 atom stereocenters. The SMILES string of the molecule is CCc1ccc(-c2nc(CN3CCCC3C(=O)N(C)C)cs2)cc1. The summed E-state index contributed by atoms with van der Waals surface area (Å²) >= 11 is 1.68. The summed E-state index contributed by atoms with van der Waals surface area (Å²) in [5.41, 5.74) is 3.58. The van der Waals surface area contributed by atoms with Crippen molar-refractivity contribution in [3.8, 4) is 10.6 Å². The third-order valence-electron chi connectivity index (χ3n) is 4.62. The molecule has 24 heavy (non-hydrogen) atoms. The molecule has 1 aromatic carbocycles. The zero-order valence-electron chi connectivity index (χ0n) is 14.7. The molecule has 3 rings (SSSR count). The lowest BCUT2D eigenvalue weighted by Gasteiger charge is -2.25. The lowest BCUT2D eigenvalue weighted by atomic mass is 10.1. The van der Waals surface area contributed by atoms with Crippen molar-refractivity contribution >= 4 is 17.2 Å². The fourth-order valence-corrected chi connectivity index (χ4v) is 4.01. The lowest BCUT2D eigenvalue weighted by molar-refractivity contribution is -0.133. The molecule has 5 heteroatoms. The van der Waals surface area contributed by atoms with E-state index in [1.807, 2.05) is 14.1 Å². The van der Waals surface area contributed by atoms with Gasteiger partial charge >= 0.3 is 0 Å². The van der Waals surface area contributed by atoms with Crippen LogP contribution in [0.3, 0.4) is 0 Å². The standard InChI is InChI=1S/C19H25N3OS/c1-4-14-7-9-15(10-8-14)18-20-16(13-24-18)12-22-11-5-6-17(22)19(23)21(2)3/h7-10,13,17H,4-6,11-12H2,1-3H3. The van der Waals surface area contributed by atoms with Crippen molar-refractivity contribution in [2.24, 2.45) is 0 Å². The van der Waals surface area contributed by atoms with Crippen molar-refractivity contribution in [1.82, 2.24) is 14.8 Å². The van der Waals surface area contributed by atoms with E-state index >= 15 is 0 Å². The van der Waals surface area contributed by atoms with E-state index in [0.717, 1.165) is 43.1 Å². The van der Waals surface area contributed by atoms with Gasteiger partial charge in [-0.1, -0.05) is 31.2 Å². The minimum atomic E-state index is 0.00832. The number of carbonyl (C=O) groups is 1. The lowest BCUT2D eigenvalue weighted by Crippen LogP contribution is -2.42. The van der Waals surface area contributed by atoms with Crippen molar-refractivity contribution in [3.63, 3.8) is 0 Å². The van der Waals surface area contributed by atoms with Gasteiger partial charge in [0.05, 0.1) is 11.7 Å². The molecule has 2 aromatic rings. The second-order valence-corrected chi connectivity index (χ2v) is 7.41. The third-order valence-corrected chi connectivity index (χ3v) is 5.56. The van der Waals surface area contributed by atoms with E-state index in [0.29, 0.717) is 0 Å². The molecule has 1 unspecified atom stereocenters. The number of likely N-dealkylation sites (tertiary alicyclic amines) is 1. The van der Waals surface area contributed by atoms with Crippen molar-refractivity contribution in [2.75, 3.05) is 20.6 Å². The van der Waals surface area contributed by atoms with Gasteiger partial charge in [0, 0.05) is 31.6 Å². The molecular weight excluding hydrogens is 318 g/mol. The van der Waals surface area contributed by atoms with Gasteiger partial charge in [-0.15, -0.1) is 11.3 Å². The highest BCUT2D eigenvalue weighted by atomic mass is 32.1. The first-order valence-electron chi connectivity index (χ1n) is 8.57. The normalized spacial score (nSPS) is 18.0. The minimum Gasteiger partial charge on any atom is -0.347 e. The summed E-state index contributed by atoms with van der Waals surface area (Å²) in [6.45, 7) is 3.90. The van der Waals surface area contributed by atoms with Gasteiger partial charge in [0.15, 0.2) is 0 Å². The van der Waals surface area contributed by atoms with Crippen LogP contribution in [0.15, 0.2) is 29.6 Å². The predicted octanol–water partition coefficient (Wildman–Crippen LogP) is 3.43. The van der Waals surface area contributed by atoms with Crippen LogP contribution in [0.1, 0.15) is 31.0 Å². The number of amides is 1. The number of aromatic nitrogens is 1. The molecule has 128 valence electrons. The maximum absolute atomic E-state index is 12.3. The maximum atomic E-state index is 12.3. The number of rotatable bonds is 5. The quantitative estimate of drug-likeness (QED) is 0.834. The largest absolute Gasteiger partial charge is 0.347 e. The number of likely N-dealkylation sites (N-methyl/N-ethyl adjacent to an activating group) is 1. The Morgan fingerprint density at radius 1 is 1.33 bits per heavy atom. The Balaban J connectivity index is 1.70. The van der Waals surface area contributed by atoms with Crippen molar-refractivity contribution < 1.29 is 4.79 Å². The second-order valence-electron chi connectivity index (χ2n) is 6.56. The third kappa shape index (κ3) is 3.68. The fourth-order valence-electron chi connectivity index (χ4n) is 3.20. The Morgan fingerprint density at radius 3 is 2.75 bits per heavy atom. The molecule has 2 heterocycles. The highest BCUT2D eigenvalue weighted by Crippen LogP contribution is 2.27. The molecule has 0 spiro atoms. The topological polar surface area (TPSA) is 36.4 Å². The van der Waals surface area contributed by atoms with Gasteiger partial charge in [0.2, 0.25) is 5.91 Å². The fraction of sp³-hybridized carbons (Fsp3) is 0.474. The zero-order valence-corrected chi connectivity index (χ0v) is 15.5. The first kappa shape index (κ1) is 17.1. The second kappa shape index (κ2) is 7.45. The van der Waals surface area contributed by atoms with Crippen LogP contribution in [0, 0.1) is 0 Å². The Bertz CT molecular complexity index is 693. The number of nitrogens with zero attached hydrogens (tertiary/aromatic N) is 3. The summed E-state index contributed by atoms with van der Waals surface area (Å²) in [4.78, 5) is 21.1. The predicted molar refractivity (Wildman–Crippen MR) is 99.1 cm³/mol. The summed E-state index contributed by atoms with van der Waals surface area (Å²) in [5, 5.41) is 3.18. The Kier molecular flexibility index (Phi) is 5.31. The summed E-state index contributed by atoms with van der Waals surface area (Å²) in [7, 11) is 3.67. The molecule has 0 bridgehead atoms. The van der Waals surface area contributed by atoms with Gasteiger partial charge in [-0.2, -0.15) is 0 Å². The van der Waals surface area contributed by atoms with E-state index in [2.05, 4.69) is 41.5 Å². The van der Waals surface area contributed by atoms with Crippen molar-refractivity contribution in [1.29, 1.82) is 0 Å². The van der Waals surface area contributed by atoms with E-state index in [4.69, 9.17) is 4.98 Å². The van der Waals surface area contributed by atoms with Gasteiger partial charge in [-0.05, 0) is 31.4 Å². The molecule has 0 saturated carbocycles. The highest BCUT2D eigenvalue weighted by molar-refractivity contribution is 7.13. The summed E-state index contributed by atoms with van der Waals surface area (Å²) in [6, 6.07) is 8.64. The van der Waals surface area contributed by atoms with Gasteiger partial charge in [0.1, 0.15) is 5.01 Å². The first-order chi connectivity index (χ1) is 11.6. The number of hydrogen-bond acceptors (Lipinski definition) is 4. The van der Waals surface area contributed by atoms with Crippen LogP contribution in [-0.4, -0.2) is 47.4 Å². The van der Waals surface area contributed by atoms with E-state index in [9.17, 15) is 4.79 Å². The summed E-state index contributed by atoms with van der Waals surface area (Å²) < 4.78 is 0. The van der Waals surface area contributed by atoms with Gasteiger partial charge in [-0.3, -0.25) is 9.69 Å². The van der Waals surface area contributed by atoms with E-state index in [-0.39, 0.29) is 11.9 Å². The smallest absolute Gasteiger partial charge is 0.239 e.